The van der Waals surface area contributed by atoms with Gasteiger partial charge < -0.3 is 10.6 Å². The summed E-state index contributed by atoms with van der Waals surface area (Å²) in [6.45, 7) is 3.75. The van der Waals surface area contributed by atoms with E-state index in [2.05, 4.69) is 34.7 Å². The van der Waals surface area contributed by atoms with E-state index in [1.807, 2.05) is 17.5 Å². The first-order chi connectivity index (χ1) is 9.74. The summed E-state index contributed by atoms with van der Waals surface area (Å²) >= 11 is 1.48. The van der Waals surface area contributed by atoms with E-state index in [9.17, 15) is 4.79 Å². The molecule has 0 saturated carbocycles. The lowest BCUT2D eigenvalue weighted by atomic mass is 10.1. The van der Waals surface area contributed by atoms with Crippen LogP contribution in [0.4, 0.5) is 5.13 Å². The average molecular weight is 287 g/mol. The van der Waals surface area contributed by atoms with Crippen molar-refractivity contribution in [1.29, 1.82) is 0 Å². The monoisotopic (exact) mass is 287 g/mol. The van der Waals surface area contributed by atoms with Crippen molar-refractivity contribution in [2.75, 3.05) is 18.4 Å². The lowest BCUT2D eigenvalue weighted by Gasteiger charge is -2.06. The van der Waals surface area contributed by atoms with E-state index < -0.39 is 0 Å². The van der Waals surface area contributed by atoms with Gasteiger partial charge in [-0.3, -0.25) is 4.79 Å². The molecule has 1 aromatic carbocycles. The molecule has 2 N–H and O–H groups in total. The minimum atomic E-state index is 0.0701. The van der Waals surface area contributed by atoms with Crippen LogP contribution in [0.2, 0.25) is 0 Å². The number of nitrogens with one attached hydrogen (secondary N) is 2. The van der Waals surface area contributed by atoms with Crippen LogP contribution in [0.1, 0.15) is 12.0 Å². The molecule has 1 aromatic heterocycles. The molecule has 104 valence electrons. The Labute approximate surface area is 122 Å². The highest BCUT2D eigenvalue weighted by molar-refractivity contribution is 7.14. The molecular formula is C15H17N3OS. The van der Waals surface area contributed by atoms with Gasteiger partial charge in [0.05, 0.1) is 11.6 Å². The number of aromatic nitrogens is 1. The van der Waals surface area contributed by atoms with Crippen molar-refractivity contribution in [3.63, 3.8) is 0 Å². The van der Waals surface area contributed by atoms with E-state index in [1.165, 1.54) is 16.9 Å². The zero-order chi connectivity index (χ0) is 13.9. The first-order valence-electron chi connectivity index (χ1n) is 6.77. The number of benzene rings is 1. The summed E-state index contributed by atoms with van der Waals surface area (Å²) < 4.78 is 0. The van der Waals surface area contributed by atoms with Crippen LogP contribution in [0, 0.1) is 12.8 Å². The molecule has 0 spiro atoms. The second kappa shape index (κ2) is 5.73. The maximum atomic E-state index is 12.0. The van der Waals surface area contributed by atoms with Crippen molar-refractivity contribution in [2.45, 2.75) is 13.3 Å². The number of hydrogen-bond donors (Lipinski definition) is 2. The average Bonchev–Trinajstić information content (AvgIpc) is 3.10. The predicted molar refractivity (Wildman–Crippen MR) is 81.9 cm³/mol. The van der Waals surface area contributed by atoms with E-state index >= 15 is 0 Å². The molecule has 2 heterocycles. The van der Waals surface area contributed by atoms with Crippen LogP contribution in [-0.4, -0.2) is 24.0 Å². The van der Waals surface area contributed by atoms with E-state index in [0.29, 0.717) is 5.13 Å². The number of amides is 1. The van der Waals surface area contributed by atoms with Crippen LogP contribution in [0.15, 0.2) is 29.6 Å². The molecule has 1 aliphatic heterocycles. The van der Waals surface area contributed by atoms with Crippen LogP contribution in [-0.2, 0) is 4.79 Å². The van der Waals surface area contributed by atoms with Crippen LogP contribution in [0.3, 0.4) is 0 Å². The Morgan fingerprint density at radius 1 is 1.45 bits per heavy atom. The van der Waals surface area contributed by atoms with Crippen LogP contribution in [0.5, 0.6) is 0 Å². The molecule has 1 atom stereocenters. The minimum absolute atomic E-state index is 0.0701. The van der Waals surface area contributed by atoms with E-state index in [1.54, 1.807) is 0 Å². The summed E-state index contributed by atoms with van der Waals surface area (Å²) in [6, 6.07) is 8.14. The van der Waals surface area contributed by atoms with Gasteiger partial charge in [0.25, 0.3) is 0 Å². The van der Waals surface area contributed by atoms with E-state index in [0.717, 1.165) is 30.8 Å². The second-order valence-corrected chi connectivity index (χ2v) is 5.89. The standard InChI is InChI=1S/C15H17N3OS/c1-10-4-2-3-5-12(10)13-9-20-15(17-13)18-14(19)11-6-7-16-8-11/h2-5,9,11,16H,6-8H2,1H3,(H,17,18,19). The van der Waals surface area contributed by atoms with Crippen LogP contribution in [0.25, 0.3) is 11.3 Å². The number of nitrogens with zero attached hydrogens (tertiary/aromatic N) is 1. The molecule has 0 aliphatic carbocycles. The first kappa shape index (κ1) is 13.3. The third-order valence-electron chi connectivity index (χ3n) is 3.59. The van der Waals surface area contributed by atoms with Gasteiger partial charge in [-0.05, 0) is 25.5 Å². The third kappa shape index (κ3) is 2.73. The number of rotatable bonds is 3. The summed E-state index contributed by atoms with van der Waals surface area (Å²) in [7, 11) is 0. The second-order valence-electron chi connectivity index (χ2n) is 5.03. The normalized spacial score (nSPS) is 18.1. The number of anilines is 1. The molecule has 1 aliphatic rings. The topological polar surface area (TPSA) is 54.0 Å². The largest absolute Gasteiger partial charge is 0.316 e. The summed E-state index contributed by atoms with van der Waals surface area (Å²) in [4.78, 5) is 16.6. The van der Waals surface area contributed by atoms with Gasteiger partial charge in [-0.1, -0.05) is 24.3 Å². The van der Waals surface area contributed by atoms with Crippen molar-refractivity contribution in [2.24, 2.45) is 5.92 Å². The molecule has 1 saturated heterocycles. The number of carbonyl (C=O) groups is 1. The third-order valence-corrected chi connectivity index (χ3v) is 4.34. The molecule has 0 radical (unpaired) electrons. The molecule has 2 aromatic rings. The van der Waals surface area contributed by atoms with Crippen molar-refractivity contribution >= 4 is 22.4 Å². The summed E-state index contributed by atoms with van der Waals surface area (Å²) in [5.74, 6) is 0.140. The Balaban J connectivity index is 1.74. The fourth-order valence-corrected chi connectivity index (χ4v) is 3.11. The van der Waals surface area contributed by atoms with Crippen LogP contribution >= 0.6 is 11.3 Å². The first-order valence-corrected chi connectivity index (χ1v) is 7.65. The highest BCUT2D eigenvalue weighted by atomic mass is 32.1. The lowest BCUT2D eigenvalue weighted by Crippen LogP contribution is -2.24. The Bertz CT molecular complexity index is 617. The summed E-state index contributed by atoms with van der Waals surface area (Å²) in [5, 5.41) is 8.79. The van der Waals surface area contributed by atoms with Gasteiger partial charge in [-0.2, -0.15) is 0 Å². The highest BCUT2D eigenvalue weighted by Gasteiger charge is 2.23. The fourth-order valence-electron chi connectivity index (χ4n) is 2.40. The molecule has 1 unspecified atom stereocenters. The molecule has 1 amide bonds. The van der Waals surface area contributed by atoms with Gasteiger partial charge in [0.1, 0.15) is 0 Å². The molecule has 5 heteroatoms. The van der Waals surface area contributed by atoms with Crippen molar-refractivity contribution in [3.05, 3.63) is 35.2 Å². The molecule has 0 bridgehead atoms. The van der Waals surface area contributed by atoms with Gasteiger partial charge >= 0.3 is 0 Å². The quantitative estimate of drug-likeness (QED) is 0.912. The van der Waals surface area contributed by atoms with Crippen molar-refractivity contribution < 1.29 is 4.79 Å². The zero-order valence-corrected chi connectivity index (χ0v) is 12.2. The molecule has 3 rings (SSSR count). The van der Waals surface area contributed by atoms with Crippen LogP contribution < -0.4 is 10.6 Å². The summed E-state index contributed by atoms with van der Waals surface area (Å²) in [5.41, 5.74) is 3.23. The Kier molecular flexibility index (Phi) is 3.80. The maximum Gasteiger partial charge on any atom is 0.230 e. The van der Waals surface area contributed by atoms with Gasteiger partial charge in [0, 0.05) is 17.5 Å². The fraction of sp³-hybridized carbons (Fsp3) is 0.333. The molecule has 4 nitrogen and oxygen atoms in total. The molecular weight excluding hydrogens is 270 g/mol. The smallest absolute Gasteiger partial charge is 0.230 e. The van der Waals surface area contributed by atoms with Crippen molar-refractivity contribution in [1.82, 2.24) is 10.3 Å². The number of carbonyl (C=O) groups excluding carboxylic acids is 1. The van der Waals surface area contributed by atoms with Crippen molar-refractivity contribution in [3.8, 4) is 11.3 Å². The Hall–Kier alpha value is -1.72. The zero-order valence-electron chi connectivity index (χ0n) is 11.3. The molecule has 1 fully saturated rings. The number of aryl methyl sites for hydroxylation is 1. The SMILES string of the molecule is Cc1ccccc1-c1csc(NC(=O)C2CCNC2)n1. The van der Waals surface area contributed by atoms with E-state index in [4.69, 9.17) is 0 Å². The minimum Gasteiger partial charge on any atom is -0.316 e. The summed E-state index contributed by atoms with van der Waals surface area (Å²) in [6.07, 6.45) is 0.905. The number of hydrogen-bond acceptors (Lipinski definition) is 4. The van der Waals surface area contributed by atoms with Gasteiger partial charge in [-0.25, -0.2) is 4.98 Å². The maximum absolute atomic E-state index is 12.0. The van der Waals surface area contributed by atoms with Gasteiger partial charge in [0.2, 0.25) is 5.91 Å². The predicted octanol–water partition coefficient (Wildman–Crippen LogP) is 2.67. The number of thiazole rings is 1. The van der Waals surface area contributed by atoms with Gasteiger partial charge in [0.15, 0.2) is 5.13 Å². The Morgan fingerprint density at radius 3 is 3.05 bits per heavy atom. The molecule has 20 heavy (non-hydrogen) atoms. The lowest BCUT2D eigenvalue weighted by molar-refractivity contribution is -0.119. The van der Waals surface area contributed by atoms with E-state index in [-0.39, 0.29) is 11.8 Å². The highest BCUT2D eigenvalue weighted by Crippen LogP contribution is 2.27. The Morgan fingerprint density at radius 2 is 2.30 bits per heavy atom. The van der Waals surface area contributed by atoms with Gasteiger partial charge in [-0.15, -0.1) is 11.3 Å².